The Balaban J connectivity index is 1.87. The summed E-state index contributed by atoms with van der Waals surface area (Å²) in [5, 5.41) is 3.35. The van der Waals surface area contributed by atoms with Crippen LogP contribution in [0.5, 0.6) is 0 Å². The average molecular weight is 283 g/mol. The number of ether oxygens (including phenoxy) is 1. The summed E-state index contributed by atoms with van der Waals surface area (Å²) in [6, 6.07) is 20.0. The van der Waals surface area contributed by atoms with E-state index in [0.29, 0.717) is 6.54 Å². The molecular weight excluding hydrogens is 262 g/mol. The standard InChI is InChI=1S/C18H21NO2/c1-21-18(20)17(16-10-6-3-7-11-16)14-19-13-12-15-8-4-2-5-9-15/h2-11,17,19H,12-14H2,1H3. The van der Waals surface area contributed by atoms with Gasteiger partial charge in [-0.25, -0.2) is 0 Å². The molecule has 0 heterocycles. The molecule has 0 spiro atoms. The minimum atomic E-state index is -0.257. The first-order chi connectivity index (χ1) is 10.3. The maximum absolute atomic E-state index is 11.9. The second-order valence-electron chi connectivity index (χ2n) is 4.93. The third-order valence-corrected chi connectivity index (χ3v) is 3.47. The summed E-state index contributed by atoms with van der Waals surface area (Å²) in [7, 11) is 1.43. The molecule has 3 heteroatoms. The van der Waals surface area contributed by atoms with Gasteiger partial charge in [0.25, 0.3) is 0 Å². The van der Waals surface area contributed by atoms with Gasteiger partial charge in [0.05, 0.1) is 13.0 Å². The molecular formula is C18H21NO2. The number of nitrogens with one attached hydrogen (secondary N) is 1. The maximum atomic E-state index is 11.9. The lowest BCUT2D eigenvalue weighted by Gasteiger charge is -2.16. The van der Waals surface area contributed by atoms with Crippen molar-refractivity contribution in [3.05, 3.63) is 71.8 Å². The van der Waals surface area contributed by atoms with Crippen molar-refractivity contribution in [2.75, 3.05) is 20.2 Å². The number of esters is 1. The molecule has 110 valence electrons. The zero-order valence-electron chi connectivity index (χ0n) is 12.3. The van der Waals surface area contributed by atoms with E-state index in [1.54, 1.807) is 0 Å². The zero-order chi connectivity index (χ0) is 14.9. The minimum absolute atomic E-state index is 0.201. The highest BCUT2D eigenvalue weighted by molar-refractivity contribution is 5.78. The van der Waals surface area contributed by atoms with E-state index in [0.717, 1.165) is 18.5 Å². The van der Waals surface area contributed by atoms with E-state index < -0.39 is 0 Å². The van der Waals surface area contributed by atoms with Crippen LogP contribution in [0.4, 0.5) is 0 Å². The number of benzene rings is 2. The van der Waals surface area contributed by atoms with Crippen molar-refractivity contribution in [1.29, 1.82) is 0 Å². The smallest absolute Gasteiger partial charge is 0.314 e. The van der Waals surface area contributed by atoms with Crippen LogP contribution in [0.3, 0.4) is 0 Å². The fourth-order valence-corrected chi connectivity index (χ4v) is 2.29. The van der Waals surface area contributed by atoms with Gasteiger partial charge in [-0.3, -0.25) is 4.79 Å². The molecule has 0 saturated carbocycles. The Hall–Kier alpha value is -2.13. The van der Waals surface area contributed by atoms with Gasteiger partial charge in [-0.05, 0) is 24.1 Å². The Morgan fingerprint density at radius 2 is 1.67 bits per heavy atom. The molecule has 0 fully saturated rings. The van der Waals surface area contributed by atoms with Crippen molar-refractivity contribution >= 4 is 5.97 Å². The van der Waals surface area contributed by atoms with Gasteiger partial charge in [0.1, 0.15) is 0 Å². The molecule has 0 aliphatic rings. The third kappa shape index (κ3) is 4.72. The number of rotatable bonds is 7. The van der Waals surface area contributed by atoms with Crippen LogP contribution in [-0.4, -0.2) is 26.2 Å². The van der Waals surface area contributed by atoms with E-state index in [4.69, 9.17) is 4.74 Å². The summed E-state index contributed by atoms with van der Waals surface area (Å²) < 4.78 is 4.90. The lowest BCUT2D eigenvalue weighted by Crippen LogP contribution is -2.29. The highest BCUT2D eigenvalue weighted by Gasteiger charge is 2.20. The highest BCUT2D eigenvalue weighted by atomic mass is 16.5. The molecule has 2 aromatic rings. The monoisotopic (exact) mass is 283 g/mol. The molecule has 1 atom stereocenters. The quantitative estimate of drug-likeness (QED) is 0.627. The van der Waals surface area contributed by atoms with Gasteiger partial charge in [-0.1, -0.05) is 60.7 Å². The second-order valence-corrected chi connectivity index (χ2v) is 4.93. The van der Waals surface area contributed by atoms with Crippen LogP contribution in [0.25, 0.3) is 0 Å². The fourth-order valence-electron chi connectivity index (χ4n) is 2.29. The van der Waals surface area contributed by atoms with E-state index in [2.05, 4.69) is 17.4 Å². The van der Waals surface area contributed by atoms with Crippen LogP contribution in [0.2, 0.25) is 0 Å². The van der Waals surface area contributed by atoms with Crippen LogP contribution in [0, 0.1) is 0 Å². The molecule has 0 aliphatic carbocycles. The molecule has 2 aromatic carbocycles. The van der Waals surface area contributed by atoms with E-state index in [1.165, 1.54) is 12.7 Å². The largest absolute Gasteiger partial charge is 0.469 e. The highest BCUT2D eigenvalue weighted by Crippen LogP contribution is 2.16. The number of carbonyl (C=O) groups excluding carboxylic acids is 1. The Morgan fingerprint density at radius 1 is 1.05 bits per heavy atom. The Labute approximate surface area is 126 Å². The van der Waals surface area contributed by atoms with Crippen molar-refractivity contribution in [2.24, 2.45) is 0 Å². The summed E-state index contributed by atoms with van der Waals surface area (Å²) in [6.07, 6.45) is 0.948. The molecule has 0 aromatic heterocycles. The lowest BCUT2D eigenvalue weighted by molar-refractivity contribution is -0.142. The average Bonchev–Trinajstić information content (AvgIpc) is 2.56. The Bertz CT molecular complexity index is 540. The van der Waals surface area contributed by atoms with Crippen LogP contribution >= 0.6 is 0 Å². The van der Waals surface area contributed by atoms with Gasteiger partial charge in [-0.15, -0.1) is 0 Å². The van der Waals surface area contributed by atoms with Gasteiger partial charge in [0.2, 0.25) is 0 Å². The number of methoxy groups -OCH3 is 1. The summed E-state index contributed by atoms with van der Waals surface area (Å²) in [6.45, 7) is 1.42. The van der Waals surface area contributed by atoms with Gasteiger partial charge >= 0.3 is 5.97 Å². The van der Waals surface area contributed by atoms with Crippen LogP contribution in [0.1, 0.15) is 17.0 Å². The first kappa shape index (κ1) is 15.3. The maximum Gasteiger partial charge on any atom is 0.314 e. The van der Waals surface area contributed by atoms with Crippen LogP contribution in [0.15, 0.2) is 60.7 Å². The third-order valence-electron chi connectivity index (χ3n) is 3.47. The fraction of sp³-hybridized carbons (Fsp3) is 0.278. The number of hydrogen-bond donors (Lipinski definition) is 1. The molecule has 0 aliphatic heterocycles. The number of carbonyl (C=O) groups is 1. The first-order valence-corrected chi connectivity index (χ1v) is 7.18. The van der Waals surface area contributed by atoms with E-state index in [1.807, 2.05) is 48.5 Å². The van der Waals surface area contributed by atoms with Crippen molar-refractivity contribution in [2.45, 2.75) is 12.3 Å². The summed E-state index contributed by atoms with van der Waals surface area (Å²) in [4.78, 5) is 11.9. The predicted octanol–water partition coefficient (Wildman–Crippen LogP) is 2.78. The summed E-state index contributed by atoms with van der Waals surface area (Å²) in [5.74, 6) is -0.458. The second kappa shape index (κ2) is 8.22. The molecule has 0 amide bonds. The minimum Gasteiger partial charge on any atom is -0.469 e. The van der Waals surface area contributed by atoms with E-state index in [-0.39, 0.29) is 11.9 Å². The SMILES string of the molecule is COC(=O)C(CNCCc1ccccc1)c1ccccc1. The van der Waals surface area contributed by atoms with E-state index >= 15 is 0 Å². The topological polar surface area (TPSA) is 38.3 Å². The van der Waals surface area contributed by atoms with Crippen molar-refractivity contribution in [1.82, 2.24) is 5.32 Å². The molecule has 1 N–H and O–H groups in total. The van der Waals surface area contributed by atoms with Crippen LogP contribution in [-0.2, 0) is 16.0 Å². The van der Waals surface area contributed by atoms with Gasteiger partial charge in [0, 0.05) is 6.54 Å². The first-order valence-electron chi connectivity index (χ1n) is 7.18. The molecule has 0 radical (unpaired) electrons. The van der Waals surface area contributed by atoms with Gasteiger partial charge in [-0.2, -0.15) is 0 Å². The lowest BCUT2D eigenvalue weighted by atomic mass is 9.99. The molecule has 21 heavy (non-hydrogen) atoms. The molecule has 1 unspecified atom stereocenters. The van der Waals surface area contributed by atoms with Gasteiger partial charge in [0.15, 0.2) is 0 Å². The predicted molar refractivity (Wildman–Crippen MR) is 84.2 cm³/mol. The van der Waals surface area contributed by atoms with E-state index in [9.17, 15) is 4.79 Å². The Morgan fingerprint density at radius 3 is 2.29 bits per heavy atom. The normalized spacial score (nSPS) is 11.9. The van der Waals surface area contributed by atoms with Crippen LogP contribution < -0.4 is 5.32 Å². The van der Waals surface area contributed by atoms with Crippen molar-refractivity contribution < 1.29 is 9.53 Å². The molecule has 0 bridgehead atoms. The summed E-state index contributed by atoms with van der Waals surface area (Å²) in [5.41, 5.74) is 2.27. The molecule has 3 nitrogen and oxygen atoms in total. The summed E-state index contributed by atoms with van der Waals surface area (Å²) >= 11 is 0. The number of hydrogen-bond acceptors (Lipinski definition) is 3. The van der Waals surface area contributed by atoms with Gasteiger partial charge < -0.3 is 10.1 Å². The zero-order valence-corrected chi connectivity index (χ0v) is 12.3. The Kier molecular flexibility index (Phi) is 5.98. The van der Waals surface area contributed by atoms with Crippen molar-refractivity contribution in [3.63, 3.8) is 0 Å². The molecule has 2 rings (SSSR count). The molecule has 0 saturated heterocycles. The van der Waals surface area contributed by atoms with Crippen molar-refractivity contribution in [3.8, 4) is 0 Å².